The topological polar surface area (TPSA) is 68.9 Å². The number of aromatic nitrogens is 1. The lowest BCUT2D eigenvalue weighted by Crippen LogP contribution is -2.53. The number of H-pyrrole nitrogens is 1. The molecule has 2 fully saturated rings. The van der Waals surface area contributed by atoms with Crippen molar-refractivity contribution in [3.8, 4) is 5.75 Å². The van der Waals surface area contributed by atoms with Crippen LogP contribution in [0.4, 0.5) is 4.79 Å². The highest BCUT2D eigenvalue weighted by molar-refractivity contribution is 6.08. The number of amides is 3. The lowest BCUT2D eigenvalue weighted by molar-refractivity contribution is -0.133. The van der Waals surface area contributed by atoms with E-state index in [9.17, 15) is 9.59 Å². The van der Waals surface area contributed by atoms with Gasteiger partial charge in [-0.3, -0.25) is 14.6 Å². The quantitative estimate of drug-likeness (QED) is 0.542. The summed E-state index contributed by atoms with van der Waals surface area (Å²) in [6.07, 6.45) is 2.85. The average Bonchev–Trinajstić information content (AvgIpc) is 3.55. The number of rotatable bonds is 6. The monoisotopic (exact) mass is 472 g/mol. The van der Waals surface area contributed by atoms with Crippen molar-refractivity contribution in [2.45, 2.75) is 44.7 Å². The minimum atomic E-state index is -0.938. The van der Waals surface area contributed by atoms with Gasteiger partial charge in [-0.05, 0) is 69.1 Å². The second kappa shape index (κ2) is 8.41. The molecule has 2 aromatic carbocycles. The lowest BCUT2D eigenvalue weighted by Gasteiger charge is -2.42. The van der Waals surface area contributed by atoms with Gasteiger partial charge in [0, 0.05) is 36.1 Å². The maximum atomic E-state index is 13.9. The Morgan fingerprint density at radius 2 is 1.83 bits per heavy atom. The van der Waals surface area contributed by atoms with E-state index in [4.69, 9.17) is 4.74 Å². The van der Waals surface area contributed by atoms with Gasteiger partial charge >= 0.3 is 6.03 Å². The third-order valence-electron chi connectivity index (χ3n) is 7.90. The van der Waals surface area contributed by atoms with Crippen LogP contribution in [0, 0.1) is 0 Å². The van der Waals surface area contributed by atoms with Crippen LogP contribution in [0.1, 0.15) is 49.6 Å². The Hall–Kier alpha value is -3.32. The lowest BCUT2D eigenvalue weighted by atomic mass is 9.81. The summed E-state index contributed by atoms with van der Waals surface area (Å²) in [5.41, 5.74) is 3.14. The van der Waals surface area contributed by atoms with Crippen molar-refractivity contribution >= 4 is 22.8 Å². The van der Waals surface area contributed by atoms with E-state index in [0.29, 0.717) is 19.6 Å². The normalized spacial score (nSPS) is 24.3. The zero-order chi connectivity index (χ0) is 24.2. The third kappa shape index (κ3) is 3.44. The highest BCUT2D eigenvalue weighted by Crippen LogP contribution is 2.48. The average molecular weight is 473 g/mol. The molecule has 0 aliphatic carbocycles. The van der Waals surface area contributed by atoms with Gasteiger partial charge in [0.25, 0.3) is 5.91 Å². The fourth-order valence-electron chi connectivity index (χ4n) is 6.18. The summed E-state index contributed by atoms with van der Waals surface area (Å²) in [7, 11) is 0. The molecule has 0 spiro atoms. The first-order valence-electron chi connectivity index (χ1n) is 12.7. The number of carbonyl (C=O) groups is 2. The van der Waals surface area contributed by atoms with Crippen molar-refractivity contribution in [2.75, 3.05) is 32.8 Å². The third-order valence-corrected chi connectivity index (χ3v) is 7.90. The molecule has 3 aromatic rings. The van der Waals surface area contributed by atoms with Gasteiger partial charge in [-0.25, -0.2) is 4.79 Å². The molecule has 0 radical (unpaired) electrons. The zero-order valence-electron chi connectivity index (χ0n) is 20.4. The van der Waals surface area contributed by atoms with E-state index >= 15 is 0 Å². The number of carbonyl (C=O) groups excluding carboxylic acids is 2. The number of imide groups is 1. The molecule has 35 heavy (non-hydrogen) atoms. The Morgan fingerprint density at radius 3 is 2.57 bits per heavy atom. The molecule has 6 rings (SSSR count). The molecule has 3 aliphatic rings. The summed E-state index contributed by atoms with van der Waals surface area (Å²) in [5, 5.41) is 1.06. The molecule has 0 bridgehead atoms. The van der Waals surface area contributed by atoms with Gasteiger partial charge in [-0.1, -0.05) is 30.3 Å². The summed E-state index contributed by atoms with van der Waals surface area (Å²) in [6.45, 7) is 7.77. The number of urea groups is 1. The second-order valence-electron chi connectivity index (χ2n) is 10.1. The van der Waals surface area contributed by atoms with Crippen molar-refractivity contribution in [3.05, 3.63) is 65.4 Å². The number of nitrogens with one attached hydrogen (secondary N) is 1. The molecule has 4 heterocycles. The summed E-state index contributed by atoms with van der Waals surface area (Å²) in [4.78, 5) is 37.1. The number of ether oxygens (including phenoxy) is 1. The van der Waals surface area contributed by atoms with Crippen LogP contribution in [0.25, 0.3) is 10.9 Å². The van der Waals surface area contributed by atoms with E-state index < -0.39 is 5.54 Å². The molecule has 2 saturated heterocycles. The Kier molecular flexibility index (Phi) is 5.33. The maximum Gasteiger partial charge on any atom is 0.328 e. The van der Waals surface area contributed by atoms with Crippen molar-refractivity contribution in [3.63, 3.8) is 0 Å². The fourth-order valence-corrected chi connectivity index (χ4v) is 6.18. The molecule has 0 saturated carbocycles. The first kappa shape index (κ1) is 22.2. The molecule has 7 nitrogen and oxygen atoms in total. The van der Waals surface area contributed by atoms with Crippen LogP contribution in [0.5, 0.6) is 5.75 Å². The predicted octanol–water partition coefficient (Wildman–Crippen LogP) is 4.33. The Balaban J connectivity index is 1.45. The number of aromatic amines is 1. The van der Waals surface area contributed by atoms with Gasteiger partial charge < -0.3 is 14.6 Å². The fraction of sp³-hybridized carbons (Fsp3) is 0.429. The maximum absolute atomic E-state index is 13.9. The van der Waals surface area contributed by atoms with Crippen LogP contribution >= 0.6 is 0 Å². The molecule has 3 amide bonds. The second-order valence-corrected chi connectivity index (χ2v) is 10.1. The van der Waals surface area contributed by atoms with E-state index in [-0.39, 0.29) is 18.0 Å². The molecule has 1 aromatic heterocycles. The van der Waals surface area contributed by atoms with Crippen LogP contribution in [0.2, 0.25) is 0 Å². The van der Waals surface area contributed by atoms with E-state index in [1.165, 1.54) is 17.7 Å². The van der Waals surface area contributed by atoms with Crippen molar-refractivity contribution in [2.24, 2.45) is 0 Å². The van der Waals surface area contributed by atoms with Crippen molar-refractivity contribution in [1.29, 1.82) is 0 Å². The van der Waals surface area contributed by atoms with Crippen LogP contribution < -0.4 is 4.74 Å². The van der Waals surface area contributed by atoms with Gasteiger partial charge in [0.05, 0.1) is 6.61 Å². The van der Waals surface area contributed by atoms with Crippen LogP contribution in [-0.4, -0.2) is 69.9 Å². The highest BCUT2D eigenvalue weighted by Gasteiger charge is 2.60. The smallest absolute Gasteiger partial charge is 0.328 e. The first-order chi connectivity index (χ1) is 17.0. The van der Waals surface area contributed by atoms with Crippen molar-refractivity contribution in [1.82, 2.24) is 19.7 Å². The van der Waals surface area contributed by atoms with Gasteiger partial charge in [-0.2, -0.15) is 0 Å². The van der Waals surface area contributed by atoms with Crippen LogP contribution in [-0.2, 0) is 11.2 Å². The number of benzene rings is 2. The minimum Gasteiger partial charge on any atom is -0.494 e. The number of hydrogen-bond acceptors (Lipinski definition) is 4. The molecule has 1 N–H and O–H groups in total. The molecular weight excluding hydrogens is 440 g/mol. The molecule has 0 unspecified atom stereocenters. The largest absolute Gasteiger partial charge is 0.494 e. The Morgan fingerprint density at radius 1 is 1.06 bits per heavy atom. The molecule has 2 atom stereocenters. The standard InChI is InChI=1S/C28H32N4O3/c1-3-35-20-11-12-23-21(17-20)22-18-28(2)26(33)31(16-15-30-13-7-8-14-30)27(34)32(28)25(24(22)29-23)19-9-5-4-6-10-19/h4-6,9-12,17,25,29H,3,7-8,13-16,18H2,1-2H3/t25-,28+/m1/s1. The number of fused-ring (bicyclic) bond motifs is 4. The van der Waals surface area contributed by atoms with Crippen LogP contribution in [0.15, 0.2) is 48.5 Å². The summed E-state index contributed by atoms with van der Waals surface area (Å²) in [5.74, 6) is 0.718. The Bertz CT molecular complexity index is 1280. The summed E-state index contributed by atoms with van der Waals surface area (Å²) in [6, 6.07) is 15.5. The van der Waals surface area contributed by atoms with E-state index in [0.717, 1.165) is 53.1 Å². The van der Waals surface area contributed by atoms with Crippen LogP contribution in [0.3, 0.4) is 0 Å². The van der Waals surface area contributed by atoms with Crippen molar-refractivity contribution < 1.29 is 14.3 Å². The number of likely N-dealkylation sites (tertiary alicyclic amines) is 1. The highest BCUT2D eigenvalue weighted by atomic mass is 16.5. The Labute approximate surface area is 205 Å². The summed E-state index contributed by atoms with van der Waals surface area (Å²) < 4.78 is 5.78. The molecule has 182 valence electrons. The van der Waals surface area contributed by atoms with E-state index in [2.05, 4.69) is 16.0 Å². The number of hydrogen-bond donors (Lipinski definition) is 1. The van der Waals surface area contributed by atoms with Gasteiger partial charge in [0.15, 0.2) is 0 Å². The van der Waals surface area contributed by atoms with E-state index in [1.54, 1.807) is 0 Å². The zero-order valence-corrected chi connectivity index (χ0v) is 20.4. The summed E-state index contributed by atoms with van der Waals surface area (Å²) >= 11 is 0. The molecular formula is C28H32N4O3. The molecule has 7 heteroatoms. The first-order valence-corrected chi connectivity index (χ1v) is 12.7. The van der Waals surface area contributed by atoms with Gasteiger partial charge in [-0.15, -0.1) is 0 Å². The SMILES string of the molecule is CCOc1ccc2[nH]c3c(c2c1)C[C@@]1(C)C(=O)N(CCN2CCCC2)C(=O)N1[C@@H]3c1ccccc1. The number of nitrogens with zero attached hydrogens (tertiary/aromatic N) is 3. The minimum absolute atomic E-state index is 0.0939. The molecule has 3 aliphatic heterocycles. The predicted molar refractivity (Wildman–Crippen MR) is 134 cm³/mol. The van der Waals surface area contributed by atoms with Gasteiger partial charge in [0.1, 0.15) is 17.3 Å². The van der Waals surface area contributed by atoms with E-state index in [1.807, 2.05) is 61.2 Å². The van der Waals surface area contributed by atoms with Gasteiger partial charge in [0.2, 0.25) is 0 Å².